The minimum atomic E-state index is -0.400. The van der Waals surface area contributed by atoms with Gasteiger partial charge >= 0.3 is 5.69 Å². The first-order valence-corrected chi connectivity index (χ1v) is 7.58. The van der Waals surface area contributed by atoms with Crippen molar-refractivity contribution in [3.8, 4) is 5.82 Å². The Bertz CT molecular complexity index is 906. The SMILES string of the molecule is Cc1nn(-c2ccccn2)c(C)c1CCNC(=O)c1c[nH]c(=O)[nH]1. The maximum atomic E-state index is 11.9. The fourth-order valence-electron chi connectivity index (χ4n) is 2.59. The Hall–Kier alpha value is -3.16. The number of carbonyl (C=O) groups excluding carboxylic acids is 1. The zero-order valence-corrected chi connectivity index (χ0v) is 13.5. The van der Waals surface area contributed by atoms with Crippen LogP contribution in [0.25, 0.3) is 5.82 Å². The van der Waals surface area contributed by atoms with Crippen molar-refractivity contribution in [3.63, 3.8) is 0 Å². The van der Waals surface area contributed by atoms with Crippen molar-refractivity contribution in [2.24, 2.45) is 0 Å². The monoisotopic (exact) mass is 326 g/mol. The van der Waals surface area contributed by atoms with E-state index in [4.69, 9.17) is 0 Å². The lowest BCUT2D eigenvalue weighted by molar-refractivity contribution is 0.0949. The Morgan fingerprint density at radius 2 is 2.17 bits per heavy atom. The van der Waals surface area contributed by atoms with Gasteiger partial charge in [-0.05, 0) is 38.0 Å². The van der Waals surface area contributed by atoms with Gasteiger partial charge in [-0.3, -0.25) is 4.79 Å². The van der Waals surface area contributed by atoms with Crippen LogP contribution in [0.2, 0.25) is 0 Å². The zero-order chi connectivity index (χ0) is 17.1. The van der Waals surface area contributed by atoms with Gasteiger partial charge in [0.2, 0.25) is 0 Å². The highest BCUT2D eigenvalue weighted by Gasteiger charge is 2.14. The third-order valence-electron chi connectivity index (χ3n) is 3.81. The standard InChI is InChI=1S/C16H18N6O2/c1-10-12(6-8-18-15(23)13-9-19-16(24)20-13)11(2)22(21-10)14-5-3-4-7-17-14/h3-5,7,9H,6,8H2,1-2H3,(H,18,23)(H2,19,20,24). The van der Waals surface area contributed by atoms with E-state index in [9.17, 15) is 9.59 Å². The van der Waals surface area contributed by atoms with Crippen molar-refractivity contribution < 1.29 is 4.79 Å². The van der Waals surface area contributed by atoms with Crippen LogP contribution in [-0.4, -0.2) is 37.2 Å². The van der Waals surface area contributed by atoms with Crippen molar-refractivity contribution in [3.05, 3.63) is 63.7 Å². The molecule has 3 aromatic rings. The number of carbonyl (C=O) groups is 1. The third-order valence-corrected chi connectivity index (χ3v) is 3.81. The van der Waals surface area contributed by atoms with Crippen LogP contribution in [0.4, 0.5) is 0 Å². The first-order valence-electron chi connectivity index (χ1n) is 7.58. The van der Waals surface area contributed by atoms with Crippen LogP contribution in [0.1, 0.15) is 27.4 Å². The number of H-pyrrole nitrogens is 2. The third kappa shape index (κ3) is 3.12. The van der Waals surface area contributed by atoms with E-state index in [-0.39, 0.29) is 11.6 Å². The Kier molecular flexibility index (Phi) is 4.28. The summed E-state index contributed by atoms with van der Waals surface area (Å²) < 4.78 is 1.80. The second-order valence-electron chi connectivity index (χ2n) is 5.41. The minimum Gasteiger partial charge on any atom is -0.350 e. The van der Waals surface area contributed by atoms with Crippen molar-refractivity contribution >= 4 is 5.91 Å². The molecule has 0 saturated carbocycles. The van der Waals surface area contributed by atoms with Crippen LogP contribution in [0.15, 0.2) is 35.4 Å². The van der Waals surface area contributed by atoms with E-state index >= 15 is 0 Å². The number of rotatable bonds is 5. The summed E-state index contributed by atoms with van der Waals surface area (Å²) in [6.45, 7) is 4.37. The summed E-state index contributed by atoms with van der Waals surface area (Å²) in [6.07, 6.45) is 3.72. The van der Waals surface area contributed by atoms with Gasteiger partial charge in [-0.15, -0.1) is 0 Å². The lowest BCUT2D eigenvalue weighted by atomic mass is 10.1. The van der Waals surface area contributed by atoms with Crippen molar-refractivity contribution in [1.82, 2.24) is 30.0 Å². The summed E-state index contributed by atoms with van der Waals surface area (Å²) >= 11 is 0. The number of nitrogens with zero attached hydrogens (tertiary/aromatic N) is 3. The van der Waals surface area contributed by atoms with Crippen LogP contribution in [0, 0.1) is 13.8 Å². The molecule has 0 bridgehead atoms. The van der Waals surface area contributed by atoms with Crippen molar-refractivity contribution in [2.45, 2.75) is 20.3 Å². The first kappa shape index (κ1) is 15.7. The molecule has 3 rings (SSSR count). The largest absolute Gasteiger partial charge is 0.350 e. The molecule has 0 spiro atoms. The molecule has 0 fully saturated rings. The predicted octanol–water partition coefficient (Wildman–Crippen LogP) is 0.873. The molecule has 1 amide bonds. The Labute approximate surface area is 137 Å². The average Bonchev–Trinajstić information content (AvgIpc) is 3.13. The van der Waals surface area contributed by atoms with E-state index in [2.05, 4.69) is 25.4 Å². The summed E-state index contributed by atoms with van der Waals surface area (Å²) in [5, 5.41) is 7.31. The maximum Gasteiger partial charge on any atom is 0.323 e. The summed E-state index contributed by atoms with van der Waals surface area (Å²) in [5.74, 6) is 0.444. The summed E-state index contributed by atoms with van der Waals surface area (Å²) in [7, 11) is 0. The topological polar surface area (TPSA) is 108 Å². The summed E-state index contributed by atoms with van der Waals surface area (Å²) in [4.78, 5) is 32.1. The number of hydrogen-bond acceptors (Lipinski definition) is 4. The first-order chi connectivity index (χ1) is 11.6. The van der Waals surface area contributed by atoms with Gasteiger partial charge in [-0.2, -0.15) is 5.10 Å². The number of pyridine rings is 1. The van der Waals surface area contributed by atoms with Gasteiger partial charge in [-0.25, -0.2) is 14.5 Å². The molecule has 0 radical (unpaired) electrons. The highest BCUT2D eigenvalue weighted by molar-refractivity contribution is 5.91. The number of imidazole rings is 1. The molecule has 0 aliphatic rings. The molecular weight excluding hydrogens is 308 g/mol. The maximum absolute atomic E-state index is 11.9. The fourth-order valence-corrected chi connectivity index (χ4v) is 2.59. The normalized spacial score (nSPS) is 10.8. The van der Waals surface area contributed by atoms with Gasteiger partial charge in [0, 0.05) is 24.6 Å². The van der Waals surface area contributed by atoms with E-state index in [1.807, 2.05) is 32.0 Å². The molecule has 0 atom stereocenters. The lowest BCUT2D eigenvalue weighted by Crippen LogP contribution is -2.26. The highest BCUT2D eigenvalue weighted by Crippen LogP contribution is 2.16. The van der Waals surface area contributed by atoms with E-state index < -0.39 is 5.69 Å². The van der Waals surface area contributed by atoms with Gasteiger partial charge in [0.25, 0.3) is 5.91 Å². The smallest absolute Gasteiger partial charge is 0.323 e. The van der Waals surface area contributed by atoms with Crippen LogP contribution in [0.5, 0.6) is 0 Å². The number of aromatic nitrogens is 5. The number of aryl methyl sites for hydroxylation is 1. The van der Waals surface area contributed by atoms with Crippen LogP contribution < -0.4 is 11.0 Å². The molecule has 8 nitrogen and oxygen atoms in total. The van der Waals surface area contributed by atoms with E-state index in [1.54, 1.807) is 10.9 Å². The van der Waals surface area contributed by atoms with Crippen molar-refractivity contribution in [1.29, 1.82) is 0 Å². The number of amides is 1. The van der Waals surface area contributed by atoms with Crippen molar-refractivity contribution in [2.75, 3.05) is 6.54 Å². The van der Waals surface area contributed by atoms with Gasteiger partial charge in [0.15, 0.2) is 5.82 Å². The van der Waals surface area contributed by atoms with Crippen LogP contribution in [0.3, 0.4) is 0 Å². The van der Waals surface area contributed by atoms with Crippen LogP contribution >= 0.6 is 0 Å². The molecule has 0 aliphatic carbocycles. The molecular formula is C16H18N6O2. The summed E-state index contributed by atoms with van der Waals surface area (Å²) in [5.41, 5.74) is 2.79. The molecule has 0 aromatic carbocycles. The van der Waals surface area contributed by atoms with E-state index in [1.165, 1.54) is 6.20 Å². The molecule has 3 N–H and O–H groups in total. The number of aromatic amines is 2. The Morgan fingerprint density at radius 3 is 2.83 bits per heavy atom. The predicted molar refractivity (Wildman–Crippen MR) is 88.3 cm³/mol. The highest BCUT2D eigenvalue weighted by atomic mass is 16.2. The minimum absolute atomic E-state index is 0.220. The second-order valence-corrected chi connectivity index (χ2v) is 5.41. The molecule has 24 heavy (non-hydrogen) atoms. The number of nitrogens with one attached hydrogen (secondary N) is 3. The molecule has 0 aliphatic heterocycles. The Morgan fingerprint density at radius 1 is 1.33 bits per heavy atom. The van der Waals surface area contributed by atoms with Gasteiger partial charge in [0.05, 0.1) is 5.69 Å². The molecule has 0 saturated heterocycles. The number of hydrogen-bond donors (Lipinski definition) is 3. The molecule has 3 heterocycles. The van der Waals surface area contributed by atoms with Gasteiger partial charge in [-0.1, -0.05) is 6.07 Å². The average molecular weight is 326 g/mol. The lowest BCUT2D eigenvalue weighted by Gasteiger charge is -2.05. The molecule has 8 heteroatoms. The van der Waals surface area contributed by atoms with Crippen LogP contribution in [-0.2, 0) is 6.42 Å². The summed E-state index contributed by atoms with van der Waals surface area (Å²) in [6, 6.07) is 5.67. The molecule has 124 valence electrons. The van der Waals surface area contributed by atoms with E-state index in [0.717, 1.165) is 22.8 Å². The molecule has 3 aromatic heterocycles. The van der Waals surface area contributed by atoms with Gasteiger partial charge in [0.1, 0.15) is 5.69 Å². The zero-order valence-electron chi connectivity index (χ0n) is 13.5. The van der Waals surface area contributed by atoms with E-state index in [0.29, 0.717) is 13.0 Å². The quantitative estimate of drug-likeness (QED) is 0.646. The fraction of sp³-hybridized carbons (Fsp3) is 0.250. The van der Waals surface area contributed by atoms with Gasteiger partial charge < -0.3 is 15.3 Å². The molecule has 0 unspecified atom stereocenters. The second kappa shape index (κ2) is 6.53. The Balaban J connectivity index is 1.69.